The molecule has 0 amide bonds. The predicted molar refractivity (Wildman–Crippen MR) is 101 cm³/mol. The van der Waals surface area contributed by atoms with Crippen molar-refractivity contribution < 1.29 is 0 Å². The van der Waals surface area contributed by atoms with Gasteiger partial charge in [0.25, 0.3) is 0 Å². The molecule has 0 radical (unpaired) electrons. The second-order valence-corrected chi connectivity index (χ2v) is 6.34. The lowest BCUT2D eigenvalue weighted by Crippen LogP contribution is -2.40. The second kappa shape index (κ2) is 8.74. The average Bonchev–Trinajstić information content (AvgIpc) is 3.16. The molecule has 22 heavy (non-hydrogen) atoms. The van der Waals surface area contributed by atoms with Gasteiger partial charge in [0.15, 0.2) is 5.96 Å². The number of likely N-dealkylation sites (tertiary alicyclic amines) is 1. The molecule has 2 heterocycles. The van der Waals surface area contributed by atoms with Crippen molar-refractivity contribution >= 4 is 29.9 Å². The summed E-state index contributed by atoms with van der Waals surface area (Å²) in [6.07, 6.45) is 12.5. The van der Waals surface area contributed by atoms with E-state index in [1.165, 1.54) is 38.8 Å². The van der Waals surface area contributed by atoms with Crippen molar-refractivity contribution in [1.82, 2.24) is 19.8 Å². The Hall–Kier alpha value is -0.790. The van der Waals surface area contributed by atoms with Crippen molar-refractivity contribution in [2.24, 2.45) is 16.8 Å². The van der Waals surface area contributed by atoms with Crippen molar-refractivity contribution in [1.29, 1.82) is 0 Å². The smallest absolute Gasteiger partial charge is 0.193 e. The average molecular weight is 417 g/mol. The molecule has 3 rings (SSSR count). The van der Waals surface area contributed by atoms with Crippen molar-refractivity contribution in [3.63, 3.8) is 0 Å². The molecule has 0 aromatic carbocycles. The zero-order valence-corrected chi connectivity index (χ0v) is 15.8. The SMILES string of the molecule is CN=C(NCCCn1ccnc1)N1CC2CCCCC2C1.I. The van der Waals surface area contributed by atoms with Gasteiger partial charge in [0.1, 0.15) is 0 Å². The molecule has 2 aliphatic rings. The molecule has 1 aromatic heterocycles. The number of rotatable bonds is 4. The lowest BCUT2D eigenvalue weighted by atomic mass is 9.82. The van der Waals surface area contributed by atoms with Crippen LogP contribution in [0.3, 0.4) is 0 Å². The molecule has 124 valence electrons. The summed E-state index contributed by atoms with van der Waals surface area (Å²) in [5, 5.41) is 3.53. The molecular formula is C16H28IN5. The van der Waals surface area contributed by atoms with Gasteiger partial charge in [-0.2, -0.15) is 0 Å². The number of aromatic nitrogens is 2. The number of guanidine groups is 1. The summed E-state index contributed by atoms with van der Waals surface area (Å²) in [5.74, 6) is 2.90. The Morgan fingerprint density at radius 2 is 2.00 bits per heavy atom. The van der Waals surface area contributed by atoms with Gasteiger partial charge in [0, 0.05) is 45.6 Å². The van der Waals surface area contributed by atoms with Gasteiger partial charge in [-0.25, -0.2) is 4.98 Å². The number of halogens is 1. The lowest BCUT2D eigenvalue weighted by Gasteiger charge is -2.22. The number of hydrogen-bond acceptors (Lipinski definition) is 2. The summed E-state index contributed by atoms with van der Waals surface area (Å²) < 4.78 is 2.12. The fraction of sp³-hybridized carbons (Fsp3) is 0.750. The Bertz CT molecular complexity index is 445. The van der Waals surface area contributed by atoms with Crippen LogP contribution >= 0.6 is 24.0 Å². The van der Waals surface area contributed by atoms with Gasteiger partial charge in [-0.1, -0.05) is 12.8 Å². The quantitative estimate of drug-likeness (QED) is 0.355. The molecule has 0 bridgehead atoms. The van der Waals surface area contributed by atoms with Crippen LogP contribution in [0.2, 0.25) is 0 Å². The fourth-order valence-electron chi connectivity index (χ4n) is 3.79. The maximum absolute atomic E-state index is 4.47. The molecule has 2 fully saturated rings. The number of imidazole rings is 1. The lowest BCUT2D eigenvalue weighted by molar-refractivity contribution is 0.299. The third-order valence-corrected chi connectivity index (χ3v) is 4.92. The first kappa shape index (κ1) is 17.6. The van der Waals surface area contributed by atoms with Gasteiger partial charge < -0.3 is 14.8 Å². The monoisotopic (exact) mass is 417 g/mol. The number of fused-ring (bicyclic) bond motifs is 1. The predicted octanol–water partition coefficient (Wildman–Crippen LogP) is 2.59. The van der Waals surface area contributed by atoms with Crippen LogP contribution in [0.4, 0.5) is 0 Å². The fourth-order valence-corrected chi connectivity index (χ4v) is 3.79. The Kier molecular flexibility index (Phi) is 6.98. The molecule has 1 saturated carbocycles. The van der Waals surface area contributed by atoms with Crippen molar-refractivity contribution in [3.8, 4) is 0 Å². The zero-order chi connectivity index (χ0) is 14.5. The van der Waals surface area contributed by atoms with Gasteiger partial charge >= 0.3 is 0 Å². The highest BCUT2D eigenvalue weighted by atomic mass is 127. The van der Waals surface area contributed by atoms with Crippen LogP contribution in [0.25, 0.3) is 0 Å². The molecule has 2 unspecified atom stereocenters. The molecule has 1 aliphatic heterocycles. The Morgan fingerprint density at radius 3 is 2.59 bits per heavy atom. The van der Waals surface area contributed by atoms with Gasteiger partial charge in [0.2, 0.25) is 0 Å². The van der Waals surface area contributed by atoms with Gasteiger partial charge in [-0.05, 0) is 31.1 Å². The van der Waals surface area contributed by atoms with Crippen LogP contribution in [0.15, 0.2) is 23.7 Å². The minimum absolute atomic E-state index is 0. The van der Waals surface area contributed by atoms with E-state index in [9.17, 15) is 0 Å². The second-order valence-electron chi connectivity index (χ2n) is 6.34. The highest BCUT2D eigenvalue weighted by molar-refractivity contribution is 14.0. The summed E-state index contributed by atoms with van der Waals surface area (Å²) in [5.41, 5.74) is 0. The standard InChI is InChI=1S/C16H27N5.HI/c1-17-16(19-7-4-9-20-10-8-18-13-20)21-11-14-5-2-3-6-15(14)12-21;/h8,10,13-15H,2-7,9,11-12H2,1H3,(H,17,19);1H. The largest absolute Gasteiger partial charge is 0.356 e. The third-order valence-electron chi connectivity index (χ3n) is 4.92. The Labute approximate surface area is 150 Å². The molecular weight excluding hydrogens is 389 g/mol. The Morgan fingerprint density at radius 1 is 1.27 bits per heavy atom. The van der Waals surface area contributed by atoms with E-state index in [4.69, 9.17) is 0 Å². The summed E-state index contributed by atoms with van der Waals surface area (Å²) in [6, 6.07) is 0. The zero-order valence-electron chi connectivity index (χ0n) is 13.4. The number of hydrogen-bond donors (Lipinski definition) is 1. The normalized spacial score (nSPS) is 24.8. The van der Waals surface area contributed by atoms with Crippen molar-refractivity contribution in [3.05, 3.63) is 18.7 Å². The van der Waals surface area contributed by atoms with Gasteiger partial charge in [0.05, 0.1) is 6.33 Å². The number of aryl methyl sites for hydroxylation is 1. The molecule has 1 aromatic rings. The van der Waals surface area contributed by atoms with Crippen molar-refractivity contribution in [2.75, 3.05) is 26.7 Å². The van der Waals surface area contributed by atoms with E-state index in [0.29, 0.717) is 0 Å². The van der Waals surface area contributed by atoms with E-state index >= 15 is 0 Å². The topological polar surface area (TPSA) is 45.5 Å². The van der Waals surface area contributed by atoms with Crippen LogP contribution in [0.1, 0.15) is 32.1 Å². The van der Waals surface area contributed by atoms with Crippen LogP contribution in [0.5, 0.6) is 0 Å². The van der Waals surface area contributed by atoms with E-state index in [1.807, 2.05) is 25.8 Å². The maximum Gasteiger partial charge on any atom is 0.193 e. The summed E-state index contributed by atoms with van der Waals surface area (Å²) in [6.45, 7) is 4.38. The van der Waals surface area contributed by atoms with E-state index in [0.717, 1.165) is 37.3 Å². The molecule has 1 aliphatic carbocycles. The molecule has 1 N–H and O–H groups in total. The minimum Gasteiger partial charge on any atom is -0.356 e. The number of aliphatic imine (C=N–C) groups is 1. The van der Waals surface area contributed by atoms with E-state index in [1.54, 1.807) is 0 Å². The van der Waals surface area contributed by atoms with Crippen LogP contribution in [-0.4, -0.2) is 47.1 Å². The number of nitrogens with zero attached hydrogens (tertiary/aromatic N) is 4. The Balaban J connectivity index is 0.00000176. The number of nitrogens with one attached hydrogen (secondary N) is 1. The van der Waals surface area contributed by atoms with Crippen molar-refractivity contribution in [2.45, 2.75) is 38.6 Å². The van der Waals surface area contributed by atoms with Crippen LogP contribution in [0, 0.1) is 11.8 Å². The van der Waals surface area contributed by atoms with E-state index < -0.39 is 0 Å². The molecule has 5 nitrogen and oxygen atoms in total. The molecule has 2 atom stereocenters. The van der Waals surface area contributed by atoms with Gasteiger partial charge in [-0.15, -0.1) is 24.0 Å². The highest BCUT2D eigenvalue weighted by Gasteiger charge is 2.35. The first-order chi connectivity index (χ1) is 10.4. The first-order valence-electron chi connectivity index (χ1n) is 8.28. The first-order valence-corrected chi connectivity index (χ1v) is 8.28. The van der Waals surface area contributed by atoms with Crippen LogP contribution in [-0.2, 0) is 6.54 Å². The summed E-state index contributed by atoms with van der Waals surface area (Å²) >= 11 is 0. The minimum atomic E-state index is 0. The molecule has 0 spiro atoms. The summed E-state index contributed by atoms with van der Waals surface area (Å²) in [4.78, 5) is 11.0. The third kappa shape index (κ3) is 4.36. The highest BCUT2D eigenvalue weighted by Crippen LogP contribution is 2.35. The molecule has 1 saturated heterocycles. The van der Waals surface area contributed by atoms with E-state index in [-0.39, 0.29) is 24.0 Å². The summed E-state index contributed by atoms with van der Waals surface area (Å²) in [7, 11) is 1.90. The van der Waals surface area contributed by atoms with E-state index in [2.05, 4.69) is 24.8 Å². The van der Waals surface area contributed by atoms with Crippen LogP contribution < -0.4 is 5.32 Å². The maximum atomic E-state index is 4.47. The molecule has 6 heteroatoms. The van der Waals surface area contributed by atoms with Gasteiger partial charge in [-0.3, -0.25) is 4.99 Å².